The van der Waals surface area contributed by atoms with Gasteiger partial charge < -0.3 is 15.4 Å². The van der Waals surface area contributed by atoms with Crippen molar-refractivity contribution in [3.05, 3.63) is 35.9 Å². The molecule has 0 bridgehead atoms. The van der Waals surface area contributed by atoms with Crippen LogP contribution < -0.4 is 5.73 Å². The van der Waals surface area contributed by atoms with Crippen molar-refractivity contribution >= 4 is 11.9 Å². The fraction of sp³-hybridized carbons (Fsp3) is 0.556. The number of rotatable bonds is 4. The van der Waals surface area contributed by atoms with Gasteiger partial charge in [-0.15, -0.1) is 0 Å². The summed E-state index contributed by atoms with van der Waals surface area (Å²) in [7, 11) is 0. The summed E-state index contributed by atoms with van der Waals surface area (Å²) < 4.78 is 5.28. The normalized spacial score (nSPS) is 24.2. The highest BCUT2D eigenvalue weighted by molar-refractivity contribution is 5.83. The van der Waals surface area contributed by atoms with Crippen LogP contribution in [0.1, 0.15) is 39.2 Å². The Morgan fingerprint density at radius 2 is 1.91 bits per heavy atom. The highest BCUT2D eigenvalue weighted by atomic mass is 16.5. The topological polar surface area (TPSA) is 72.6 Å². The van der Waals surface area contributed by atoms with Gasteiger partial charge in [0.1, 0.15) is 13.2 Å². The van der Waals surface area contributed by atoms with E-state index in [1.54, 1.807) is 4.90 Å². The molecule has 1 atom stereocenters. The summed E-state index contributed by atoms with van der Waals surface area (Å²) in [5.74, 6) is -0.476. The predicted molar refractivity (Wildman–Crippen MR) is 88.4 cm³/mol. The molecule has 2 rings (SSSR count). The van der Waals surface area contributed by atoms with Crippen molar-refractivity contribution < 1.29 is 14.3 Å². The Labute approximate surface area is 137 Å². The molecule has 2 N–H and O–H groups in total. The van der Waals surface area contributed by atoms with Crippen LogP contribution in [0.25, 0.3) is 0 Å². The van der Waals surface area contributed by atoms with Gasteiger partial charge in [-0.05, 0) is 24.3 Å². The lowest BCUT2D eigenvalue weighted by Crippen LogP contribution is -2.41. The molecule has 0 radical (unpaired) electrons. The smallest absolute Gasteiger partial charge is 0.325 e. The summed E-state index contributed by atoms with van der Waals surface area (Å²) >= 11 is 0. The van der Waals surface area contributed by atoms with Gasteiger partial charge in [-0.25, -0.2) is 0 Å². The lowest BCUT2D eigenvalue weighted by molar-refractivity contribution is -0.150. The van der Waals surface area contributed by atoms with E-state index in [4.69, 9.17) is 10.5 Å². The molecule has 0 aromatic heterocycles. The van der Waals surface area contributed by atoms with Gasteiger partial charge in [0.2, 0.25) is 5.91 Å². The summed E-state index contributed by atoms with van der Waals surface area (Å²) in [6.45, 7) is 6.74. The average molecular weight is 318 g/mol. The minimum atomic E-state index is -0.538. The molecule has 5 heteroatoms. The van der Waals surface area contributed by atoms with Gasteiger partial charge in [0.15, 0.2) is 0 Å². The second kappa shape index (κ2) is 6.71. The van der Waals surface area contributed by atoms with E-state index in [0.717, 1.165) is 12.0 Å². The van der Waals surface area contributed by atoms with Crippen LogP contribution in [0.2, 0.25) is 0 Å². The average Bonchev–Trinajstić information content (AvgIpc) is 2.50. The van der Waals surface area contributed by atoms with Crippen LogP contribution in [0.3, 0.4) is 0 Å². The van der Waals surface area contributed by atoms with Gasteiger partial charge in [-0.1, -0.05) is 44.2 Å². The monoisotopic (exact) mass is 318 g/mol. The molecule has 1 fully saturated rings. The van der Waals surface area contributed by atoms with Gasteiger partial charge in [0.05, 0.1) is 0 Å². The Kier molecular flexibility index (Phi) is 5.09. The summed E-state index contributed by atoms with van der Waals surface area (Å²) in [4.78, 5) is 26.0. The van der Waals surface area contributed by atoms with Crippen molar-refractivity contribution in [2.75, 3.05) is 13.1 Å². The fourth-order valence-corrected chi connectivity index (χ4v) is 3.36. The van der Waals surface area contributed by atoms with E-state index in [1.165, 1.54) is 0 Å². The molecule has 1 aliphatic heterocycles. The summed E-state index contributed by atoms with van der Waals surface area (Å²) in [6.07, 6.45) is 0.990. The van der Waals surface area contributed by atoms with Gasteiger partial charge in [0, 0.05) is 18.5 Å². The maximum absolute atomic E-state index is 12.4. The Bertz CT molecular complexity index is 567. The fourth-order valence-electron chi connectivity index (χ4n) is 3.36. The maximum atomic E-state index is 12.4. The molecule has 1 aromatic rings. The van der Waals surface area contributed by atoms with Gasteiger partial charge in [0.25, 0.3) is 0 Å². The van der Waals surface area contributed by atoms with Gasteiger partial charge >= 0.3 is 5.97 Å². The van der Waals surface area contributed by atoms with E-state index in [2.05, 4.69) is 13.8 Å². The van der Waals surface area contributed by atoms with Crippen LogP contribution in [-0.4, -0.2) is 35.4 Å². The van der Waals surface area contributed by atoms with Crippen molar-refractivity contribution in [3.8, 4) is 0 Å². The van der Waals surface area contributed by atoms with E-state index in [0.29, 0.717) is 6.54 Å². The Hall–Kier alpha value is -1.88. The van der Waals surface area contributed by atoms with Crippen molar-refractivity contribution in [2.45, 2.75) is 45.8 Å². The van der Waals surface area contributed by atoms with Crippen LogP contribution in [-0.2, 0) is 20.9 Å². The summed E-state index contributed by atoms with van der Waals surface area (Å²) in [6, 6.07) is 9.49. The summed E-state index contributed by atoms with van der Waals surface area (Å²) in [5, 5.41) is 0. The number of esters is 1. The molecule has 126 valence electrons. The number of carbonyl (C=O) groups is 2. The zero-order chi connectivity index (χ0) is 17.1. The molecule has 1 aliphatic rings. The van der Waals surface area contributed by atoms with E-state index in [1.807, 2.05) is 37.3 Å². The third-order valence-electron chi connectivity index (χ3n) is 3.97. The SMILES string of the molecule is CC1(C)CN(CC(=O)OCc2ccccc2)C(=O)CC(C)(N)C1. The molecule has 1 unspecified atom stereocenters. The van der Waals surface area contributed by atoms with Crippen LogP contribution in [0.4, 0.5) is 0 Å². The van der Waals surface area contributed by atoms with E-state index < -0.39 is 11.5 Å². The minimum absolute atomic E-state index is 0.0226. The van der Waals surface area contributed by atoms with E-state index in [9.17, 15) is 9.59 Å². The largest absolute Gasteiger partial charge is 0.459 e. The first-order chi connectivity index (χ1) is 10.7. The highest BCUT2D eigenvalue weighted by Crippen LogP contribution is 2.33. The number of carbonyl (C=O) groups excluding carboxylic acids is 2. The Morgan fingerprint density at radius 3 is 2.57 bits per heavy atom. The standard InChI is InChI=1S/C18H26N2O3/c1-17(2)12-18(3,19)9-15(21)20(13-17)10-16(22)23-11-14-7-5-4-6-8-14/h4-8H,9-13,19H2,1-3H3. The molecular weight excluding hydrogens is 292 g/mol. The third kappa shape index (κ3) is 5.36. The maximum Gasteiger partial charge on any atom is 0.325 e. The quantitative estimate of drug-likeness (QED) is 0.863. The zero-order valence-corrected chi connectivity index (χ0v) is 14.2. The molecule has 5 nitrogen and oxygen atoms in total. The first-order valence-electron chi connectivity index (χ1n) is 7.93. The Morgan fingerprint density at radius 1 is 1.26 bits per heavy atom. The number of ether oxygens (including phenoxy) is 1. The predicted octanol–water partition coefficient (Wildman–Crippen LogP) is 2.10. The van der Waals surface area contributed by atoms with Crippen molar-refractivity contribution in [1.29, 1.82) is 0 Å². The third-order valence-corrected chi connectivity index (χ3v) is 3.97. The van der Waals surface area contributed by atoms with Crippen molar-refractivity contribution in [3.63, 3.8) is 0 Å². The molecule has 1 amide bonds. The molecule has 1 saturated heterocycles. The molecule has 1 heterocycles. The minimum Gasteiger partial charge on any atom is -0.459 e. The first-order valence-corrected chi connectivity index (χ1v) is 7.93. The second-order valence-electron chi connectivity index (χ2n) is 7.57. The second-order valence-corrected chi connectivity index (χ2v) is 7.57. The van der Waals surface area contributed by atoms with Crippen LogP contribution in [0.5, 0.6) is 0 Å². The number of hydrogen-bond acceptors (Lipinski definition) is 4. The zero-order valence-electron chi connectivity index (χ0n) is 14.2. The molecule has 0 saturated carbocycles. The summed E-state index contributed by atoms with van der Waals surface area (Å²) in [5.41, 5.74) is 6.47. The number of nitrogens with two attached hydrogens (primary N) is 1. The number of amides is 1. The van der Waals surface area contributed by atoms with Crippen LogP contribution in [0, 0.1) is 5.41 Å². The van der Waals surface area contributed by atoms with Crippen LogP contribution >= 0.6 is 0 Å². The highest BCUT2D eigenvalue weighted by Gasteiger charge is 2.39. The molecular formula is C18H26N2O3. The Balaban J connectivity index is 1.95. The lowest BCUT2D eigenvalue weighted by Gasteiger charge is -2.31. The molecule has 0 spiro atoms. The van der Waals surface area contributed by atoms with Crippen molar-refractivity contribution in [2.24, 2.45) is 11.1 Å². The van der Waals surface area contributed by atoms with Crippen molar-refractivity contribution in [1.82, 2.24) is 4.90 Å². The van der Waals surface area contributed by atoms with Gasteiger partial charge in [-0.3, -0.25) is 9.59 Å². The number of likely N-dealkylation sites (tertiary alicyclic amines) is 1. The lowest BCUT2D eigenvalue weighted by atomic mass is 9.79. The number of nitrogens with zero attached hydrogens (tertiary/aromatic N) is 1. The van der Waals surface area contributed by atoms with Gasteiger partial charge in [-0.2, -0.15) is 0 Å². The molecule has 1 aromatic carbocycles. The van der Waals surface area contributed by atoms with E-state index >= 15 is 0 Å². The van der Waals surface area contributed by atoms with E-state index in [-0.39, 0.29) is 30.9 Å². The molecule has 0 aliphatic carbocycles. The van der Waals surface area contributed by atoms with Crippen LogP contribution in [0.15, 0.2) is 30.3 Å². The number of hydrogen-bond donors (Lipinski definition) is 1. The molecule has 23 heavy (non-hydrogen) atoms. The number of benzene rings is 1. The first kappa shape index (κ1) is 17.5.